The van der Waals surface area contributed by atoms with E-state index >= 15 is 0 Å². The third-order valence-electron chi connectivity index (χ3n) is 2.34. The molecule has 2 amide bonds. The molecular weight excluding hydrogens is 232 g/mol. The van der Waals surface area contributed by atoms with Gasteiger partial charge in [-0.15, -0.1) is 0 Å². The topological polar surface area (TPSA) is 133 Å². The van der Waals surface area contributed by atoms with Crippen molar-refractivity contribution in [2.24, 2.45) is 5.92 Å². The Balaban J connectivity index is 2.55. The molecule has 0 spiro atoms. The lowest BCUT2D eigenvalue weighted by atomic mass is 10.1. The third kappa shape index (κ3) is 3.74. The van der Waals surface area contributed by atoms with Crippen LogP contribution >= 0.6 is 0 Å². The van der Waals surface area contributed by atoms with Gasteiger partial charge in [-0.3, -0.25) is 14.4 Å². The largest absolute Gasteiger partial charge is 0.481 e. The maximum Gasteiger partial charge on any atom is 0.326 e. The standard InChI is InChI=1S/C9H12N2O6/c12-6-1-4(3-10-6)8(15)11-5(9(16)17)2-7(13)14/h4-5H,1-3H2,(H,10,12)(H,11,15)(H,13,14)(H,16,17)/t4?,5-/m0/s1. The summed E-state index contributed by atoms with van der Waals surface area (Å²) in [5.74, 6) is -4.29. The van der Waals surface area contributed by atoms with Gasteiger partial charge >= 0.3 is 11.9 Å². The number of hydrogen-bond donors (Lipinski definition) is 4. The Bertz CT molecular complexity index is 366. The molecule has 0 radical (unpaired) electrons. The Morgan fingerprint density at radius 2 is 2.06 bits per heavy atom. The van der Waals surface area contributed by atoms with E-state index in [9.17, 15) is 19.2 Å². The van der Waals surface area contributed by atoms with E-state index < -0.39 is 36.2 Å². The zero-order valence-electron chi connectivity index (χ0n) is 8.80. The van der Waals surface area contributed by atoms with Gasteiger partial charge in [-0.2, -0.15) is 0 Å². The number of carbonyl (C=O) groups excluding carboxylic acids is 2. The fourth-order valence-corrected chi connectivity index (χ4v) is 1.45. The Hall–Kier alpha value is -2.12. The minimum absolute atomic E-state index is 0.00869. The summed E-state index contributed by atoms with van der Waals surface area (Å²) in [5, 5.41) is 21.7. The highest BCUT2D eigenvalue weighted by Gasteiger charge is 2.31. The Morgan fingerprint density at radius 1 is 1.41 bits per heavy atom. The summed E-state index contributed by atoms with van der Waals surface area (Å²) >= 11 is 0. The van der Waals surface area contributed by atoms with E-state index in [0.29, 0.717) is 0 Å². The van der Waals surface area contributed by atoms with E-state index in [1.54, 1.807) is 0 Å². The predicted molar refractivity (Wildman–Crippen MR) is 52.9 cm³/mol. The van der Waals surface area contributed by atoms with Crippen molar-refractivity contribution in [2.75, 3.05) is 6.54 Å². The summed E-state index contributed by atoms with van der Waals surface area (Å²) < 4.78 is 0. The summed E-state index contributed by atoms with van der Waals surface area (Å²) in [6, 6.07) is -1.48. The lowest BCUT2D eigenvalue weighted by Gasteiger charge is -2.14. The van der Waals surface area contributed by atoms with Crippen molar-refractivity contribution >= 4 is 23.8 Å². The van der Waals surface area contributed by atoms with Gasteiger partial charge in [-0.05, 0) is 0 Å². The van der Waals surface area contributed by atoms with Crippen LogP contribution in [0.4, 0.5) is 0 Å². The van der Waals surface area contributed by atoms with Gasteiger partial charge < -0.3 is 20.8 Å². The third-order valence-corrected chi connectivity index (χ3v) is 2.34. The highest BCUT2D eigenvalue weighted by molar-refractivity contribution is 5.92. The van der Waals surface area contributed by atoms with Gasteiger partial charge in [0.1, 0.15) is 6.04 Å². The van der Waals surface area contributed by atoms with Crippen molar-refractivity contribution < 1.29 is 29.4 Å². The maximum absolute atomic E-state index is 11.5. The summed E-state index contributed by atoms with van der Waals surface area (Å²) in [6.45, 7) is 0.143. The highest BCUT2D eigenvalue weighted by Crippen LogP contribution is 2.09. The molecule has 1 rings (SSSR count). The number of carboxylic acid groups (broad SMARTS) is 2. The van der Waals surface area contributed by atoms with Crippen LogP contribution in [0.25, 0.3) is 0 Å². The second kappa shape index (κ2) is 5.28. The van der Waals surface area contributed by atoms with Gasteiger partial charge in [0.2, 0.25) is 11.8 Å². The van der Waals surface area contributed by atoms with Gasteiger partial charge in [0.05, 0.1) is 12.3 Å². The van der Waals surface area contributed by atoms with E-state index in [0.717, 1.165) is 0 Å². The maximum atomic E-state index is 11.5. The summed E-state index contributed by atoms with van der Waals surface area (Å²) in [4.78, 5) is 43.5. The number of nitrogens with one attached hydrogen (secondary N) is 2. The first kappa shape index (κ1) is 12.9. The van der Waals surface area contributed by atoms with Gasteiger partial charge in [0, 0.05) is 13.0 Å². The number of carboxylic acids is 2. The van der Waals surface area contributed by atoms with Crippen molar-refractivity contribution in [3.05, 3.63) is 0 Å². The summed E-state index contributed by atoms with van der Waals surface area (Å²) in [7, 11) is 0. The van der Waals surface area contributed by atoms with Crippen molar-refractivity contribution in [1.29, 1.82) is 0 Å². The quantitative estimate of drug-likeness (QED) is 0.449. The van der Waals surface area contributed by atoms with E-state index in [2.05, 4.69) is 10.6 Å². The smallest absolute Gasteiger partial charge is 0.326 e. The first-order valence-corrected chi connectivity index (χ1v) is 4.92. The number of amides is 2. The van der Waals surface area contributed by atoms with Crippen LogP contribution in [0.2, 0.25) is 0 Å². The predicted octanol–water partition coefficient (Wildman–Crippen LogP) is -1.83. The van der Waals surface area contributed by atoms with E-state index in [1.807, 2.05) is 0 Å². The SMILES string of the molecule is O=C(O)C[C@H](NC(=O)C1CNC(=O)C1)C(=O)O. The molecule has 1 saturated heterocycles. The van der Waals surface area contributed by atoms with Crippen LogP contribution in [0.15, 0.2) is 0 Å². The summed E-state index contributed by atoms with van der Waals surface area (Å²) in [6.07, 6.45) is -0.708. The molecule has 4 N–H and O–H groups in total. The molecule has 0 aromatic carbocycles. The zero-order chi connectivity index (χ0) is 13.0. The van der Waals surface area contributed by atoms with Crippen LogP contribution in [0.5, 0.6) is 0 Å². The molecule has 0 bridgehead atoms. The van der Waals surface area contributed by atoms with Crippen molar-refractivity contribution in [2.45, 2.75) is 18.9 Å². The molecule has 0 aromatic rings. The normalized spacial score (nSPS) is 20.5. The van der Waals surface area contributed by atoms with Crippen molar-refractivity contribution in [3.63, 3.8) is 0 Å². The molecule has 2 atom stereocenters. The van der Waals surface area contributed by atoms with Gasteiger partial charge in [-0.25, -0.2) is 4.79 Å². The lowest BCUT2D eigenvalue weighted by Crippen LogP contribution is -2.45. The minimum atomic E-state index is -1.48. The average Bonchev–Trinajstić information content (AvgIpc) is 2.63. The number of carbonyl (C=O) groups is 4. The van der Waals surface area contributed by atoms with Crippen LogP contribution in [0.1, 0.15) is 12.8 Å². The molecule has 0 saturated carbocycles. The van der Waals surface area contributed by atoms with E-state index in [1.165, 1.54) is 0 Å². The Kier molecular flexibility index (Phi) is 4.02. The van der Waals surface area contributed by atoms with Crippen LogP contribution in [0.3, 0.4) is 0 Å². The molecular formula is C9H12N2O6. The van der Waals surface area contributed by atoms with E-state index in [-0.39, 0.29) is 18.9 Å². The lowest BCUT2D eigenvalue weighted by molar-refractivity contribution is -0.147. The Morgan fingerprint density at radius 3 is 2.47 bits per heavy atom. The number of hydrogen-bond acceptors (Lipinski definition) is 4. The second-order valence-corrected chi connectivity index (χ2v) is 3.70. The van der Waals surface area contributed by atoms with Crippen LogP contribution in [0, 0.1) is 5.92 Å². The van der Waals surface area contributed by atoms with Gasteiger partial charge in [0.15, 0.2) is 0 Å². The molecule has 0 aromatic heterocycles. The fraction of sp³-hybridized carbons (Fsp3) is 0.556. The monoisotopic (exact) mass is 244 g/mol. The zero-order valence-corrected chi connectivity index (χ0v) is 8.80. The number of aliphatic carboxylic acids is 2. The molecule has 17 heavy (non-hydrogen) atoms. The highest BCUT2D eigenvalue weighted by atomic mass is 16.4. The van der Waals surface area contributed by atoms with Crippen molar-refractivity contribution in [3.8, 4) is 0 Å². The average molecular weight is 244 g/mol. The molecule has 1 heterocycles. The molecule has 94 valence electrons. The van der Waals surface area contributed by atoms with Crippen LogP contribution in [-0.4, -0.2) is 46.6 Å². The first-order chi connectivity index (χ1) is 7.90. The van der Waals surface area contributed by atoms with Crippen molar-refractivity contribution in [1.82, 2.24) is 10.6 Å². The molecule has 8 heteroatoms. The molecule has 1 aliphatic heterocycles. The Labute approximate surface area is 96.0 Å². The molecule has 8 nitrogen and oxygen atoms in total. The van der Waals surface area contributed by atoms with E-state index in [4.69, 9.17) is 10.2 Å². The fourth-order valence-electron chi connectivity index (χ4n) is 1.45. The molecule has 1 aliphatic rings. The summed E-state index contributed by atoms with van der Waals surface area (Å²) in [5.41, 5.74) is 0. The van der Waals surface area contributed by atoms with Gasteiger partial charge in [0.25, 0.3) is 0 Å². The minimum Gasteiger partial charge on any atom is -0.481 e. The number of rotatable bonds is 5. The molecule has 0 aliphatic carbocycles. The molecule has 1 fully saturated rings. The van der Waals surface area contributed by atoms with Crippen LogP contribution < -0.4 is 10.6 Å². The first-order valence-electron chi connectivity index (χ1n) is 4.92. The van der Waals surface area contributed by atoms with Gasteiger partial charge in [-0.1, -0.05) is 0 Å². The molecule has 1 unspecified atom stereocenters. The second-order valence-electron chi connectivity index (χ2n) is 3.70. The van der Waals surface area contributed by atoms with Crippen LogP contribution in [-0.2, 0) is 19.2 Å².